The van der Waals surface area contributed by atoms with E-state index in [4.69, 9.17) is 0 Å². The van der Waals surface area contributed by atoms with Crippen LogP contribution in [0.2, 0.25) is 0 Å². The molecule has 5 heteroatoms. The zero-order chi connectivity index (χ0) is 12.9. The summed E-state index contributed by atoms with van der Waals surface area (Å²) < 4.78 is 0. The number of nitrogens with one attached hydrogen (secondary N) is 3. The summed E-state index contributed by atoms with van der Waals surface area (Å²) in [7, 11) is 0. The van der Waals surface area contributed by atoms with Crippen LogP contribution in [-0.4, -0.2) is 35.6 Å². The Kier molecular flexibility index (Phi) is 3.63. The van der Waals surface area contributed by atoms with Crippen molar-refractivity contribution >= 4 is 17.0 Å². The van der Waals surface area contributed by atoms with Gasteiger partial charge in [-0.3, -0.25) is 4.99 Å². The van der Waals surface area contributed by atoms with Gasteiger partial charge in [0, 0.05) is 26.1 Å². The zero-order valence-corrected chi connectivity index (χ0v) is 10.9. The van der Waals surface area contributed by atoms with E-state index in [0.717, 1.165) is 61.7 Å². The molecule has 0 unspecified atom stereocenters. The van der Waals surface area contributed by atoms with E-state index in [1.165, 1.54) is 0 Å². The lowest BCUT2D eigenvalue weighted by molar-refractivity contribution is 0.681. The van der Waals surface area contributed by atoms with Gasteiger partial charge in [0.1, 0.15) is 5.82 Å². The van der Waals surface area contributed by atoms with Gasteiger partial charge in [-0.1, -0.05) is 12.1 Å². The highest BCUT2D eigenvalue weighted by atomic mass is 15.2. The van der Waals surface area contributed by atoms with Crippen molar-refractivity contribution < 1.29 is 0 Å². The first-order valence-electron chi connectivity index (χ1n) is 6.88. The fourth-order valence-corrected chi connectivity index (χ4v) is 2.24. The summed E-state index contributed by atoms with van der Waals surface area (Å²) in [5.41, 5.74) is 2.16. The van der Waals surface area contributed by atoms with E-state index >= 15 is 0 Å². The second-order valence-electron chi connectivity index (χ2n) is 4.74. The first-order chi connectivity index (χ1) is 9.42. The van der Waals surface area contributed by atoms with Gasteiger partial charge in [0.15, 0.2) is 5.96 Å². The minimum atomic E-state index is 0.920. The molecule has 0 amide bonds. The van der Waals surface area contributed by atoms with Crippen molar-refractivity contribution in [1.29, 1.82) is 0 Å². The van der Waals surface area contributed by atoms with Gasteiger partial charge in [0.05, 0.1) is 11.0 Å². The predicted octanol–water partition coefficient (Wildman–Crippen LogP) is 1.43. The number of fused-ring (bicyclic) bond motifs is 1. The largest absolute Gasteiger partial charge is 0.356 e. The monoisotopic (exact) mass is 257 g/mol. The number of H-pyrrole nitrogens is 1. The van der Waals surface area contributed by atoms with E-state index in [1.54, 1.807) is 0 Å². The fourth-order valence-electron chi connectivity index (χ4n) is 2.24. The maximum atomic E-state index is 4.57. The van der Waals surface area contributed by atoms with Gasteiger partial charge >= 0.3 is 0 Å². The van der Waals surface area contributed by atoms with Crippen LogP contribution in [0.4, 0.5) is 0 Å². The van der Waals surface area contributed by atoms with Gasteiger partial charge in [-0.15, -0.1) is 0 Å². The zero-order valence-electron chi connectivity index (χ0n) is 10.9. The number of rotatable bonds is 4. The summed E-state index contributed by atoms with van der Waals surface area (Å²) >= 11 is 0. The molecule has 1 aromatic carbocycles. The summed E-state index contributed by atoms with van der Waals surface area (Å²) in [6, 6.07) is 8.14. The number of aromatic nitrogens is 2. The van der Waals surface area contributed by atoms with E-state index in [-0.39, 0.29) is 0 Å². The van der Waals surface area contributed by atoms with Crippen molar-refractivity contribution in [2.75, 3.05) is 19.6 Å². The maximum absolute atomic E-state index is 4.57. The lowest BCUT2D eigenvalue weighted by atomic mass is 10.3. The van der Waals surface area contributed by atoms with E-state index in [2.05, 4.69) is 31.7 Å². The number of aliphatic imine (C=N–C) groups is 1. The Balaban J connectivity index is 1.48. The van der Waals surface area contributed by atoms with Gasteiger partial charge < -0.3 is 15.6 Å². The lowest BCUT2D eigenvalue weighted by Crippen LogP contribution is -2.41. The van der Waals surface area contributed by atoms with Crippen LogP contribution in [0.5, 0.6) is 0 Å². The molecule has 1 aliphatic rings. The van der Waals surface area contributed by atoms with Gasteiger partial charge in [-0.25, -0.2) is 4.98 Å². The molecule has 2 aromatic rings. The Morgan fingerprint density at radius 1 is 1.26 bits per heavy atom. The van der Waals surface area contributed by atoms with E-state index in [1.807, 2.05) is 18.2 Å². The summed E-state index contributed by atoms with van der Waals surface area (Å²) in [5, 5.41) is 6.58. The molecule has 0 radical (unpaired) electrons. The minimum Gasteiger partial charge on any atom is -0.356 e. The number of guanidine groups is 1. The van der Waals surface area contributed by atoms with Crippen molar-refractivity contribution in [2.45, 2.75) is 19.3 Å². The van der Waals surface area contributed by atoms with Crippen LogP contribution in [0.1, 0.15) is 18.7 Å². The molecule has 0 saturated carbocycles. The number of imidazole rings is 1. The van der Waals surface area contributed by atoms with Crippen LogP contribution in [0, 0.1) is 0 Å². The number of para-hydroxylation sites is 2. The maximum Gasteiger partial charge on any atom is 0.191 e. The van der Waals surface area contributed by atoms with E-state index in [0.29, 0.717) is 0 Å². The Hall–Kier alpha value is -2.04. The topological polar surface area (TPSA) is 65.1 Å². The molecule has 0 aliphatic carbocycles. The van der Waals surface area contributed by atoms with Crippen LogP contribution < -0.4 is 10.6 Å². The molecule has 19 heavy (non-hydrogen) atoms. The third-order valence-corrected chi connectivity index (χ3v) is 3.22. The standard InChI is InChI=1S/C14H19N5/c1-2-6-12-11(5-1)18-13(19-12)7-3-8-15-14-16-9-4-10-17-14/h1-2,5-6H,3-4,7-10H2,(H,18,19)(H2,15,16,17). The molecule has 2 heterocycles. The van der Waals surface area contributed by atoms with Gasteiger partial charge in [-0.2, -0.15) is 0 Å². The number of aromatic amines is 1. The van der Waals surface area contributed by atoms with E-state index < -0.39 is 0 Å². The van der Waals surface area contributed by atoms with Crippen molar-refractivity contribution in [3.05, 3.63) is 30.1 Å². The summed E-state index contributed by atoms with van der Waals surface area (Å²) in [6.07, 6.45) is 3.12. The third-order valence-electron chi connectivity index (χ3n) is 3.22. The average molecular weight is 257 g/mol. The Bertz CT molecular complexity index is 539. The second-order valence-corrected chi connectivity index (χ2v) is 4.74. The van der Waals surface area contributed by atoms with Crippen LogP contribution >= 0.6 is 0 Å². The first-order valence-corrected chi connectivity index (χ1v) is 6.88. The number of hydrogen-bond acceptors (Lipinski definition) is 4. The van der Waals surface area contributed by atoms with Crippen molar-refractivity contribution in [3.63, 3.8) is 0 Å². The highest BCUT2D eigenvalue weighted by Crippen LogP contribution is 2.10. The molecule has 100 valence electrons. The van der Waals surface area contributed by atoms with E-state index in [9.17, 15) is 0 Å². The average Bonchev–Trinajstić information content (AvgIpc) is 2.87. The molecule has 0 bridgehead atoms. The smallest absolute Gasteiger partial charge is 0.191 e. The minimum absolute atomic E-state index is 0.920. The summed E-state index contributed by atoms with van der Waals surface area (Å²) in [5.74, 6) is 2.00. The molecule has 5 nitrogen and oxygen atoms in total. The number of nitrogens with zero attached hydrogens (tertiary/aromatic N) is 2. The van der Waals surface area contributed by atoms with Gasteiger partial charge in [0.25, 0.3) is 0 Å². The number of aryl methyl sites for hydroxylation is 1. The molecule has 0 spiro atoms. The second kappa shape index (κ2) is 5.73. The van der Waals surface area contributed by atoms with Gasteiger partial charge in [0.2, 0.25) is 0 Å². The molecule has 3 rings (SSSR count). The Morgan fingerprint density at radius 3 is 3.05 bits per heavy atom. The molecule has 3 N–H and O–H groups in total. The molecule has 1 aliphatic heterocycles. The third kappa shape index (κ3) is 3.05. The van der Waals surface area contributed by atoms with Crippen molar-refractivity contribution in [1.82, 2.24) is 20.6 Å². The molecule has 0 saturated heterocycles. The van der Waals surface area contributed by atoms with Crippen molar-refractivity contribution in [2.24, 2.45) is 4.99 Å². The molecule has 0 atom stereocenters. The molecule has 0 fully saturated rings. The predicted molar refractivity (Wildman–Crippen MR) is 77.3 cm³/mol. The SMILES string of the molecule is c1ccc2[nH]c(CCCNC3=NCCCN3)nc2c1. The van der Waals surface area contributed by atoms with Crippen LogP contribution in [0.25, 0.3) is 11.0 Å². The van der Waals surface area contributed by atoms with Gasteiger partial charge in [-0.05, 0) is 25.0 Å². The highest BCUT2D eigenvalue weighted by molar-refractivity contribution is 5.80. The fraction of sp³-hybridized carbons (Fsp3) is 0.429. The quantitative estimate of drug-likeness (QED) is 0.726. The molecular formula is C14H19N5. The number of hydrogen-bond donors (Lipinski definition) is 3. The normalized spacial score (nSPS) is 15.1. The van der Waals surface area contributed by atoms with Crippen LogP contribution in [0.15, 0.2) is 29.3 Å². The lowest BCUT2D eigenvalue weighted by Gasteiger charge is -2.15. The summed E-state index contributed by atoms with van der Waals surface area (Å²) in [4.78, 5) is 12.3. The van der Waals surface area contributed by atoms with Crippen molar-refractivity contribution in [3.8, 4) is 0 Å². The highest BCUT2D eigenvalue weighted by Gasteiger charge is 2.04. The van der Waals surface area contributed by atoms with Crippen LogP contribution in [-0.2, 0) is 6.42 Å². The Morgan fingerprint density at radius 2 is 2.21 bits per heavy atom. The molecule has 1 aromatic heterocycles. The first kappa shape index (κ1) is 12.0. The molecular weight excluding hydrogens is 238 g/mol. The van der Waals surface area contributed by atoms with Crippen LogP contribution in [0.3, 0.4) is 0 Å². The number of benzene rings is 1. The summed E-state index contributed by atoms with van der Waals surface area (Å²) in [6.45, 7) is 2.87. The Labute approximate surface area is 112 Å².